The fraction of sp³-hybridized carbons (Fsp3) is 0.130. The van der Waals surface area contributed by atoms with Crippen molar-refractivity contribution in [3.63, 3.8) is 0 Å². The van der Waals surface area contributed by atoms with Gasteiger partial charge in [0.15, 0.2) is 0 Å². The van der Waals surface area contributed by atoms with E-state index in [0.717, 1.165) is 5.56 Å². The highest BCUT2D eigenvalue weighted by atomic mass is 16.2. The van der Waals surface area contributed by atoms with E-state index in [0.29, 0.717) is 22.6 Å². The van der Waals surface area contributed by atoms with Gasteiger partial charge in [-0.3, -0.25) is 14.6 Å². The minimum absolute atomic E-state index is 0.0531. The maximum Gasteiger partial charge on any atom is 0.338 e. The molecule has 3 aromatic rings. The molecule has 0 bridgehead atoms. The van der Waals surface area contributed by atoms with Gasteiger partial charge in [-0.2, -0.15) is 0 Å². The molecule has 0 saturated carbocycles. The summed E-state index contributed by atoms with van der Waals surface area (Å²) in [5, 5.41) is 6.64. The van der Waals surface area contributed by atoms with Gasteiger partial charge in [-0.05, 0) is 42.8 Å². The Morgan fingerprint density at radius 1 is 0.968 bits per heavy atom. The van der Waals surface area contributed by atoms with Crippen molar-refractivity contribution >= 4 is 34.9 Å². The fourth-order valence-corrected chi connectivity index (χ4v) is 3.44. The molecule has 2 aromatic carbocycles. The maximum absolute atomic E-state index is 13.1. The first kappa shape index (κ1) is 20.1. The zero-order valence-electron chi connectivity index (χ0n) is 16.8. The molecule has 156 valence electrons. The highest BCUT2D eigenvalue weighted by Crippen LogP contribution is 2.38. The van der Waals surface area contributed by atoms with E-state index in [1.54, 1.807) is 54.7 Å². The number of fused-ring (bicyclic) bond motifs is 1. The van der Waals surface area contributed by atoms with Gasteiger partial charge in [-0.15, -0.1) is 0 Å². The molecule has 0 aliphatic carbocycles. The number of nitrogens with one attached hydrogen (secondary N) is 3. The SMILES string of the molecule is Cc1ccc(NC(=O)NN2C(=O)C(CC(=O)Nc3cccnc3)c3ccccc32)cc1. The van der Waals surface area contributed by atoms with Gasteiger partial charge >= 0.3 is 6.03 Å². The number of amides is 4. The lowest BCUT2D eigenvalue weighted by atomic mass is 9.97. The van der Waals surface area contributed by atoms with Crippen LogP contribution in [0, 0.1) is 6.92 Å². The van der Waals surface area contributed by atoms with Gasteiger partial charge in [-0.25, -0.2) is 15.2 Å². The molecule has 4 rings (SSSR count). The Labute approximate surface area is 179 Å². The van der Waals surface area contributed by atoms with Gasteiger partial charge in [0.2, 0.25) is 5.91 Å². The number of anilines is 3. The molecule has 0 radical (unpaired) electrons. The minimum atomic E-state index is -0.701. The van der Waals surface area contributed by atoms with E-state index in [4.69, 9.17) is 0 Å². The monoisotopic (exact) mass is 415 g/mol. The Bertz CT molecular complexity index is 1120. The summed E-state index contributed by atoms with van der Waals surface area (Å²) in [6, 6.07) is 17.3. The number of hydrazine groups is 1. The van der Waals surface area contributed by atoms with E-state index >= 15 is 0 Å². The summed E-state index contributed by atoms with van der Waals surface area (Å²) in [6.07, 6.45) is 3.09. The van der Waals surface area contributed by atoms with Crippen LogP contribution in [0.4, 0.5) is 21.9 Å². The van der Waals surface area contributed by atoms with E-state index in [9.17, 15) is 14.4 Å². The molecule has 0 saturated heterocycles. The standard InChI is InChI=1S/C23H21N5O3/c1-15-8-10-16(11-9-15)26-23(31)27-28-20-7-3-2-6-18(20)19(22(28)30)13-21(29)25-17-5-4-12-24-14-17/h2-12,14,19H,13H2,1H3,(H,25,29)(H2,26,27,31). The van der Waals surface area contributed by atoms with Crippen LogP contribution in [0.15, 0.2) is 73.1 Å². The average Bonchev–Trinajstić information content (AvgIpc) is 3.02. The van der Waals surface area contributed by atoms with Crippen LogP contribution in [0.5, 0.6) is 0 Å². The average molecular weight is 415 g/mol. The van der Waals surface area contributed by atoms with Crippen LogP contribution in [0.25, 0.3) is 0 Å². The molecule has 2 heterocycles. The maximum atomic E-state index is 13.1. The Morgan fingerprint density at radius 2 is 1.74 bits per heavy atom. The molecule has 1 aromatic heterocycles. The van der Waals surface area contributed by atoms with Crippen molar-refractivity contribution in [3.8, 4) is 0 Å². The zero-order valence-corrected chi connectivity index (χ0v) is 16.8. The van der Waals surface area contributed by atoms with Crippen LogP contribution >= 0.6 is 0 Å². The molecule has 4 amide bonds. The van der Waals surface area contributed by atoms with Crippen molar-refractivity contribution in [2.24, 2.45) is 0 Å². The smallest absolute Gasteiger partial charge is 0.325 e. The van der Waals surface area contributed by atoms with E-state index in [1.807, 2.05) is 19.1 Å². The molecule has 1 aliphatic heterocycles. The van der Waals surface area contributed by atoms with Crippen LogP contribution in [-0.2, 0) is 9.59 Å². The first-order valence-electron chi connectivity index (χ1n) is 9.78. The number of urea groups is 1. The number of rotatable bonds is 5. The minimum Gasteiger partial charge on any atom is -0.325 e. The first-order chi connectivity index (χ1) is 15.0. The Morgan fingerprint density at radius 3 is 2.48 bits per heavy atom. The third-order valence-corrected chi connectivity index (χ3v) is 4.93. The summed E-state index contributed by atoms with van der Waals surface area (Å²) in [5.74, 6) is -1.39. The topological polar surface area (TPSA) is 103 Å². The van der Waals surface area contributed by atoms with Crippen LogP contribution in [-0.4, -0.2) is 22.8 Å². The molecule has 1 atom stereocenters. The van der Waals surface area contributed by atoms with Crippen LogP contribution < -0.4 is 21.1 Å². The summed E-state index contributed by atoms with van der Waals surface area (Å²) in [5.41, 5.74) is 6.06. The van der Waals surface area contributed by atoms with Gasteiger partial charge < -0.3 is 10.6 Å². The van der Waals surface area contributed by atoms with Crippen molar-refractivity contribution in [2.45, 2.75) is 19.3 Å². The van der Waals surface area contributed by atoms with Crippen molar-refractivity contribution in [3.05, 3.63) is 84.2 Å². The quantitative estimate of drug-likeness (QED) is 0.592. The highest BCUT2D eigenvalue weighted by Gasteiger charge is 2.39. The number of carbonyl (C=O) groups is 3. The molecular formula is C23H21N5O3. The third kappa shape index (κ3) is 4.53. The number of hydrogen-bond donors (Lipinski definition) is 3. The number of hydrogen-bond acceptors (Lipinski definition) is 4. The zero-order chi connectivity index (χ0) is 21.8. The van der Waals surface area contributed by atoms with Crippen molar-refractivity contribution < 1.29 is 14.4 Å². The van der Waals surface area contributed by atoms with E-state index in [2.05, 4.69) is 21.0 Å². The van der Waals surface area contributed by atoms with Crippen molar-refractivity contribution in [2.75, 3.05) is 15.6 Å². The molecule has 8 heteroatoms. The van der Waals surface area contributed by atoms with E-state index in [-0.39, 0.29) is 18.2 Å². The molecule has 8 nitrogen and oxygen atoms in total. The summed E-state index contributed by atoms with van der Waals surface area (Å²) >= 11 is 0. The third-order valence-electron chi connectivity index (χ3n) is 4.93. The van der Waals surface area contributed by atoms with Crippen LogP contribution in [0.3, 0.4) is 0 Å². The summed E-state index contributed by atoms with van der Waals surface area (Å²) in [4.78, 5) is 42.0. The highest BCUT2D eigenvalue weighted by molar-refractivity contribution is 6.09. The predicted molar refractivity (Wildman–Crippen MR) is 117 cm³/mol. The lowest BCUT2D eigenvalue weighted by Gasteiger charge is -2.19. The predicted octanol–water partition coefficient (Wildman–Crippen LogP) is 3.59. The number of benzene rings is 2. The van der Waals surface area contributed by atoms with Crippen LogP contribution in [0.1, 0.15) is 23.5 Å². The lowest BCUT2D eigenvalue weighted by Crippen LogP contribution is -2.47. The number of para-hydroxylation sites is 1. The Hall–Kier alpha value is -4.20. The summed E-state index contributed by atoms with van der Waals surface area (Å²) < 4.78 is 0. The molecule has 1 aliphatic rings. The number of aromatic nitrogens is 1. The summed E-state index contributed by atoms with van der Waals surface area (Å²) in [6.45, 7) is 1.95. The molecule has 3 N–H and O–H groups in total. The van der Waals surface area contributed by atoms with Crippen molar-refractivity contribution in [1.82, 2.24) is 10.4 Å². The second kappa shape index (κ2) is 8.66. The summed E-state index contributed by atoms with van der Waals surface area (Å²) in [7, 11) is 0. The Kier molecular flexibility index (Phi) is 5.61. The van der Waals surface area contributed by atoms with Gasteiger partial charge in [-0.1, -0.05) is 35.9 Å². The number of aryl methyl sites for hydroxylation is 1. The second-order valence-corrected chi connectivity index (χ2v) is 7.21. The lowest BCUT2D eigenvalue weighted by molar-refractivity contribution is -0.123. The second-order valence-electron chi connectivity index (χ2n) is 7.21. The fourth-order valence-electron chi connectivity index (χ4n) is 3.44. The number of carbonyl (C=O) groups excluding carboxylic acids is 3. The molecule has 0 spiro atoms. The van der Waals surface area contributed by atoms with Gasteiger partial charge in [0.05, 0.1) is 23.5 Å². The molecular weight excluding hydrogens is 394 g/mol. The van der Waals surface area contributed by atoms with Crippen LogP contribution in [0.2, 0.25) is 0 Å². The first-order valence-corrected chi connectivity index (χ1v) is 9.78. The van der Waals surface area contributed by atoms with Gasteiger partial charge in [0, 0.05) is 18.3 Å². The number of pyridine rings is 1. The number of nitrogens with zero attached hydrogens (tertiary/aromatic N) is 2. The molecule has 1 unspecified atom stereocenters. The van der Waals surface area contributed by atoms with Crippen molar-refractivity contribution in [1.29, 1.82) is 0 Å². The molecule has 31 heavy (non-hydrogen) atoms. The normalized spacial score (nSPS) is 14.7. The van der Waals surface area contributed by atoms with E-state index in [1.165, 1.54) is 11.2 Å². The van der Waals surface area contributed by atoms with Gasteiger partial charge in [0.25, 0.3) is 5.91 Å². The molecule has 0 fully saturated rings. The van der Waals surface area contributed by atoms with Gasteiger partial charge in [0.1, 0.15) is 0 Å². The largest absolute Gasteiger partial charge is 0.338 e. The van der Waals surface area contributed by atoms with E-state index < -0.39 is 11.9 Å². The Balaban J connectivity index is 1.47.